The highest BCUT2D eigenvalue weighted by atomic mass is 79.9. The molecule has 0 aliphatic carbocycles. The Kier molecular flexibility index (Phi) is 4.24. The molecule has 13 heavy (non-hydrogen) atoms. The average Bonchev–Trinajstić information content (AvgIpc) is 2.14. The minimum atomic E-state index is -0.244. The Hall–Kier alpha value is -0.550. The molecule has 0 fully saturated rings. The molecule has 0 aliphatic rings. The van der Waals surface area contributed by atoms with Gasteiger partial charge in [-0.3, -0.25) is 4.79 Å². The molecule has 1 aromatic rings. The van der Waals surface area contributed by atoms with Crippen LogP contribution in [-0.2, 0) is 9.53 Å². The third-order valence-electron chi connectivity index (χ3n) is 1.26. The smallest absolute Gasteiger partial charge is 0.316 e. The lowest BCUT2D eigenvalue weighted by molar-refractivity contribution is -0.137. The summed E-state index contributed by atoms with van der Waals surface area (Å²) >= 11 is 4.60. The van der Waals surface area contributed by atoms with Crippen LogP contribution in [0.4, 0.5) is 0 Å². The molecule has 0 atom stereocenters. The predicted molar refractivity (Wildman–Crippen MR) is 54.7 cm³/mol. The Morgan fingerprint density at radius 3 is 3.08 bits per heavy atom. The number of carbonyl (C=O) groups is 1. The molecule has 0 N–H and O–H groups in total. The lowest BCUT2D eigenvalue weighted by atomic mass is 10.5. The van der Waals surface area contributed by atoms with Crippen molar-refractivity contribution in [2.75, 3.05) is 12.9 Å². The van der Waals surface area contributed by atoms with E-state index in [4.69, 9.17) is 0 Å². The van der Waals surface area contributed by atoms with Gasteiger partial charge in [-0.15, -0.1) is 0 Å². The van der Waals surface area contributed by atoms with Crippen molar-refractivity contribution in [3.63, 3.8) is 0 Å². The first-order valence-electron chi connectivity index (χ1n) is 3.54. The second-order valence-corrected chi connectivity index (χ2v) is 3.97. The number of rotatable bonds is 3. The first kappa shape index (κ1) is 10.5. The molecule has 5 heteroatoms. The highest BCUT2D eigenvalue weighted by molar-refractivity contribution is 9.10. The second kappa shape index (κ2) is 5.24. The fourth-order valence-electron chi connectivity index (χ4n) is 0.662. The third kappa shape index (κ3) is 3.78. The van der Waals surface area contributed by atoms with Crippen LogP contribution in [0.1, 0.15) is 0 Å². The Balaban J connectivity index is 2.50. The number of esters is 1. The zero-order valence-electron chi connectivity index (χ0n) is 6.99. The predicted octanol–water partition coefficient (Wildman–Crippen LogP) is 2.11. The van der Waals surface area contributed by atoms with Gasteiger partial charge >= 0.3 is 5.97 Å². The Morgan fingerprint density at radius 2 is 2.46 bits per heavy atom. The number of thioether (sulfide) groups is 1. The highest BCUT2D eigenvalue weighted by Crippen LogP contribution is 2.17. The second-order valence-electron chi connectivity index (χ2n) is 2.16. The zero-order valence-corrected chi connectivity index (χ0v) is 9.39. The van der Waals surface area contributed by atoms with E-state index < -0.39 is 0 Å². The number of aromatic nitrogens is 1. The highest BCUT2D eigenvalue weighted by Gasteiger charge is 2.02. The minimum Gasteiger partial charge on any atom is -0.468 e. The maximum absolute atomic E-state index is 10.8. The number of halogens is 1. The molecule has 1 rings (SSSR count). The fourth-order valence-corrected chi connectivity index (χ4v) is 1.84. The van der Waals surface area contributed by atoms with Gasteiger partial charge in [-0.2, -0.15) is 0 Å². The summed E-state index contributed by atoms with van der Waals surface area (Å²) in [7, 11) is 1.37. The quantitative estimate of drug-likeness (QED) is 0.475. The topological polar surface area (TPSA) is 39.2 Å². The van der Waals surface area contributed by atoms with Crippen LogP contribution in [0.15, 0.2) is 27.8 Å². The van der Waals surface area contributed by atoms with Gasteiger partial charge in [-0.25, -0.2) is 4.98 Å². The monoisotopic (exact) mass is 261 g/mol. The Morgan fingerprint density at radius 1 is 1.69 bits per heavy atom. The summed E-state index contributed by atoms with van der Waals surface area (Å²) in [5.74, 6) is 0.0479. The Bertz CT molecular complexity index is 306. The molecule has 0 amide bonds. The molecule has 1 heterocycles. The molecule has 0 radical (unpaired) electrons. The molecular formula is C8H8BrNO2S. The maximum atomic E-state index is 10.8. The van der Waals surface area contributed by atoms with E-state index in [1.807, 2.05) is 18.2 Å². The van der Waals surface area contributed by atoms with Crippen LogP contribution in [0, 0.1) is 0 Å². The van der Waals surface area contributed by atoms with E-state index in [9.17, 15) is 4.79 Å². The largest absolute Gasteiger partial charge is 0.468 e. The van der Waals surface area contributed by atoms with E-state index in [-0.39, 0.29) is 5.97 Å². The van der Waals surface area contributed by atoms with E-state index in [1.54, 1.807) is 0 Å². The lowest BCUT2D eigenvalue weighted by Gasteiger charge is -1.99. The van der Waals surface area contributed by atoms with Crippen LogP contribution in [0.2, 0.25) is 0 Å². The summed E-state index contributed by atoms with van der Waals surface area (Å²) in [6, 6.07) is 5.55. The van der Waals surface area contributed by atoms with Gasteiger partial charge in [0.15, 0.2) is 0 Å². The number of hydrogen-bond donors (Lipinski definition) is 0. The SMILES string of the molecule is COC(=O)CSc1cccc(Br)n1. The first-order chi connectivity index (χ1) is 6.22. The van der Waals surface area contributed by atoms with Gasteiger partial charge in [-0.1, -0.05) is 17.8 Å². The molecule has 0 aromatic carbocycles. The van der Waals surface area contributed by atoms with Gasteiger partial charge < -0.3 is 4.74 Å². The zero-order chi connectivity index (χ0) is 9.68. The number of ether oxygens (including phenoxy) is 1. The Labute approximate surface area is 89.0 Å². The van der Waals surface area contributed by atoms with E-state index in [0.717, 1.165) is 9.63 Å². The number of methoxy groups -OCH3 is 1. The van der Waals surface area contributed by atoms with Gasteiger partial charge in [0.2, 0.25) is 0 Å². The summed E-state index contributed by atoms with van der Waals surface area (Å²) in [4.78, 5) is 14.9. The van der Waals surface area contributed by atoms with E-state index in [2.05, 4.69) is 25.7 Å². The lowest BCUT2D eigenvalue weighted by Crippen LogP contribution is -2.03. The van der Waals surface area contributed by atoms with Crippen LogP contribution in [0.5, 0.6) is 0 Å². The molecule has 1 aromatic heterocycles. The number of nitrogens with zero attached hydrogens (tertiary/aromatic N) is 1. The molecular weight excluding hydrogens is 254 g/mol. The van der Waals surface area contributed by atoms with Crippen LogP contribution in [0.25, 0.3) is 0 Å². The first-order valence-corrected chi connectivity index (χ1v) is 5.32. The number of pyridine rings is 1. The van der Waals surface area contributed by atoms with Crippen molar-refractivity contribution in [2.24, 2.45) is 0 Å². The van der Waals surface area contributed by atoms with Crippen molar-refractivity contribution in [2.45, 2.75) is 5.03 Å². The van der Waals surface area contributed by atoms with Crippen molar-refractivity contribution in [1.82, 2.24) is 4.98 Å². The summed E-state index contributed by atoms with van der Waals surface area (Å²) < 4.78 is 5.27. The van der Waals surface area contributed by atoms with Gasteiger partial charge in [0.25, 0.3) is 0 Å². The van der Waals surface area contributed by atoms with Gasteiger partial charge in [0, 0.05) is 0 Å². The van der Waals surface area contributed by atoms with Crippen molar-refractivity contribution >= 4 is 33.7 Å². The van der Waals surface area contributed by atoms with E-state index >= 15 is 0 Å². The molecule has 0 spiro atoms. The molecule has 0 bridgehead atoms. The molecule has 70 valence electrons. The molecule has 0 unspecified atom stereocenters. The maximum Gasteiger partial charge on any atom is 0.316 e. The fraction of sp³-hybridized carbons (Fsp3) is 0.250. The molecule has 0 saturated carbocycles. The summed E-state index contributed by atoms with van der Waals surface area (Å²) in [6.45, 7) is 0. The van der Waals surface area contributed by atoms with Crippen molar-refractivity contribution in [3.05, 3.63) is 22.8 Å². The van der Waals surface area contributed by atoms with E-state index in [0.29, 0.717) is 5.75 Å². The summed E-state index contributed by atoms with van der Waals surface area (Å²) in [5.41, 5.74) is 0. The van der Waals surface area contributed by atoms with Crippen molar-refractivity contribution in [1.29, 1.82) is 0 Å². The van der Waals surface area contributed by atoms with Crippen LogP contribution >= 0.6 is 27.7 Å². The van der Waals surface area contributed by atoms with Crippen LogP contribution in [-0.4, -0.2) is 23.8 Å². The van der Waals surface area contributed by atoms with Gasteiger partial charge in [-0.05, 0) is 28.1 Å². The number of carbonyl (C=O) groups excluding carboxylic acids is 1. The van der Waals surface area contributed by atoms with Gasteiger partial charge in [0.1, 0.15) is 4.60 Å². The summed E-state index contributed by atoms with van der Waals surface area (Å²) in [5, 5.41) is 0.805. The normalized spacial score (nSPS) is 9.69. The van der Waals surface area contributed by atoms with Crippen molar-refractivity contribution < 1.29 is 9.53 Å². The summed E-state index contributed by atoms with van der Waals surface area (Å²) in [6.07, 6.45) is 0. The average molecular weight is 262 g/mol. The standard InChI is InChI=1S/C8H8BrNO2S/c1-12-8(11)5-13-7-4-2-3-6(9)10-7/h2-4H,5H2,1H3. The van der Waals surface area contributed by atoms with Gasteiger partial charge in [0.05, 0.1) is 17.9 Å². The molecule has 0 aliphatic heterocycles. The number of hydrogen-bond acceptors (Lipinski definition) is 4. The van der Waals surface area contributed by atoms with Crippen molar-refractivity contribution in [3.8, 4) is 0 Å². The third-order valence-corrected chi connectivity index (χ3v) is 2.60. The molecule has 0 saturated heterocycles. The molecule has 3 nitrogen and oxygen atoms in total. The minimum absolute atomic E-state index is 0.244. The van der Waals surface area contributed by atoms with Crippen LogP contribution in [0.3, 0.4) is 0 Å². The van der Waals surface area contributed by atoms with Crippen LogP contribution < -0.4 is 0 Å². The van der Waals surface area contributed by atoms with E-state index in [1.165, 1.54) is 18.9 Å².